The molecule has 2 atom stereocenters. The maximum absolute atomic E-state index is 12.5. The van der Waals surface area contributed by atoms with Gasteiger partial charge in [0.05, 0.1) is 0 Å². The normalized spacial score (nSPS) is 19.5. The lowest BCUT2D eigenvalue weighted by molar-refractivity contribution is -0.118. The number of nitrogens with one attached hydrogen (secondary N) is 1. The number of rotatable bonds is 6. The van der Waals surface area contributed by atoms with Crippen molar-refractivity contribution in [3.05, 3.63) is 71.3 Å². The van der Waals surface area contributed by atoms with Crippen LogP contribution in [-0.4, -0.2) is 11.9 Å². The summed E-state index contributed by atoms with van der Waals surface area (Å²) >= 11 is 0. The lowest BCUT2D eigenvalue weighted by atomic mass is 9.86. The molecule has 1 amide bonds. The second-order valence-electron chi connectivity index (χ2n) is 7.35. The summed E-state index contributed by atoms with van der Waals surface area (Å²) in [6, 6.07) is 19.6. The van der Waals surface area contributed by atoms with Crippen LogP contribution < -0.4 is 10.1 Å². The smallest absolute Gasteiger partial charge is 0.262 e. The van der Waals surface area contributed by atoms with Crippen LogP contribution in [0, 0.1) is 17.2 Å². The zero-order valence-corrected chi connectivity index (χ0v) is 16.2. The Morgan fingerprint density at radius 3 is 2.54 bits per heavy atom. The molecule has 1 N–H and O–H groups in total. The van der Waals surface area contributed by atoms with E-state index in [9.17, 15) is 10.1 Å². The van der Waals surface area contributed by atoms with Gasteiger partial charge in [-0.3, -0.25) is 4.79 Å². The van der Waals surface area contributed by atoms with Gasteiger partial charge in [0.2, 0.25) is 0 Å². The van der Waals surface area contributed by atoms with Crippen LogP contribution in [0.1, 0.15) is 43.7 Å². The van der Waals surface area contributed by atoms with E-state index in [-0.39, 0.29) is 17.5 Å². The summed E-state index contributed by atoms with van der Waals surface area (Å²) in [6.45, 7) is 2.66. The van der Waals surface area contributed by atoms with E-state index < -0.39 is 0 Å². The second-order valence-corrected chi connectivity index (χ2v) is 7.35. The number of ether oxygens (including phenoxy) is 1. The molecule has 0 saturated heterocycles. The Bertz CT molecular complexity index is 850. The van der Waals surface area contributed by atoms with Crippen LogP contribution in [0.5, 0.6) is 5.75 Å². The number of nitriles is 1. The molecule has 0 aliphatic heterocycles. The van der Waals surface area contributed by atoms with E-state index >= 15 is 0 Å². The van der Waals surface area contributed by atoms with E-state index in [0.717, 1.165) is 36.1 Å². The lowest BCUT2D eigenvalue weighted by Gasteiger charge is -2.29. The van der Waals surface area contributed by atoms with Crippen LogP contribution in [0.4, 0.5) is 0 Å². The highest BCUT2D eigenvalue weighted by Crippen LogP contribution is 2.24. The third-order valence-electron chi connectivity index (χ3n) is 5.23. The molecule has 1 saturated carbocycles. The molecule has 4 nitrogen and oxygen atoms in total. The molecule has 1 aliphatic rings. The molecule has 0 bridgehead atoms. The molecule has 1 fully saturated rings. The SMILES string of the molecule is CC1CCCCC1NC(=O)/C(C#N)=C\c1ccc(OCc2ccccc2)cc1. The highest BCUT2D eigenvalue weighted by molar-refractivity contribution is 6.01. The minimum Gasteiger partial charge on any atom is -0.489 e. The summed E-state index contributed by atoms with van der Waals surface area (Å²) in [5.41, 5.74) is 2.04. The second kappa shape index (κ2) is 9.75. The number of carbonyl (C=O) groups is 1. The van der Waals surface area contributed by atoms with Gasteiger partial charge in [0.1, 0.15) is 24.0 Å². The van der Waals surface area contributed by atoms with Crippen LogP contribution in [0.2, 0.25) is 0 Å². The first-order chi connectivity index (χ1) is 13.7. The number of benzene rings is 2. The minimum absolute atomic E-state index is 0.135. The quantitative estimate of drug-likeness (QED) is 0.580. The summed E-state index contributed by atoms with van der Waals surface area (Å²) in [4.78, 5) is 12.5. The van der Waals surface area contributed by atoms with Crippen LogP contribution in [0.25, 0.3) is 6.08 Å². The standard InChI is InChI=1S/C24H26N2O2/c1-18-7-5-6-10-23(18)26-24(27)21(16-25)15-19-11-13-22(14-12-19)28-17-20-8-3-2-4-9-20/h2-4,8-9,11-15,18,23H,5-7,10,17H2,1H3,(H,26,27)/b21-15-. The van der Waals surface area contributed by atoms with Gasteiger partial charge in [-0.2, -0.15) is 5.26 Å². The fourth-order valence-corrected chi connectivity index (χ4v) is 3.49. The molecule has 3 rings (SSSR count). The Morgan fingerprint density at radius 2 is 1.86 bits per heavy atom. The van der Waals surface area contributed by atoms with E-state index in [1.165, 1.54) is 6.42 Å². The van der Waals surface area contributed by atoms with Crippen molar-refractivity contribution in [2.45, 2.75) is 45.3 Å². The molecule has 2 aromatic rings. The zero-order chi connectivity index (χ0) is 19.8. The van der Waals surface area contributed by atoms with Gasteiger partial charge in [-0.1, -0.05) is 62.2 Å². The molecule has 1 aliphatic carbocycles. The first-order valence-corrected chi connectivity index (χ1v) is 9.85. The van der Waals surface area contributed by atoms with Crippen molar-refractivity contribution in [1.82, 2.24) is 5.32 Å². The molecule has 2 unspecified atom stereocenters. The van der Waals surface area contributed by atoms with Crippen molar-refractivity contribution in [3.63, 3.8) is 0 Å². The third-order valence-corrected chi connectivity index (χ3v) is 5.23. The number of amides is 1. The van der Waals surface area contributed by atoms with E-state index in [1.807, 2.05) is 60.7 Å². The van der Waals surface area contributed by atoms with E-state index in [1.54, 1.807) is 6.08 Å². The highest BCUT2D eigenvalue weighted by Gasteiger charge is 2.24. The molecule has 0 radical (unpaired) electrons. The number of hydrogen-bond acceptors (Lipinski definition) is 3. The molecule has 2 aromatic carbocycles. The summed E-state index contributed by atoms with van der Waals surface area (Å²) in [6.07, 6.45) is 6.09. The third kappa shape index (κ3) is 5.47. The fraction of sp³-hybridized carbons (Fsp3) is 0.333. The Morgan fingerprint density at radius 1 is 1.14 bits per heavy atom. The first kappa shape index (κ1) is 19.7. The molecule has 4 heteroatoms. The Balaban J connectivity index is 1.60. The maximum Gasteiger partial charge on any atom is 0.262 e. The van der Waals surface area contributed by atoms with Gasteiger partial charge in [0.15, 0.2) is 0 Å². The summed E-state index contributed by atoms with van der Waals surface area (Å²) in [5, 5.41) is 12.4. The van der Waals surface area contributed by atoms with Crippen LogP contribution in [-0.2, 0) is 11.4 Å². The molecular formula is C24H26N2O2. The molecule has 0 heterocycles. The van der Waals surface area contributed by atoms with Crippen LogP contribution >= 0.6 is 0 Å². The monoisotopic (exact) mass is 374 g/mol. The van der Waals surface area contributed by atoms with Crippen molar-refractivity contribution in [3.8, 4) is 11.8 Å². The maximum atomic E-state index is 12.5. The lowest BCUT2D eigenvalue weighted by Crippen LogP contribution is -2.41. The molecule has 0 spiro atoms. The van der Waals surface area contributed by atoms with Gasteiger partial charge >= 0.3 is 0 Å². The molecule has 28 heavy (non-hydrogen) atoms. The van der Waals surface area contributed by atoms with Gasteiger partial charge in [-0.15, -0.1) is 0 Å². The van der Waals surface area contributed by atoms with Gasteiger partial charge < -0.3 is 10.1 Å². The highest BCUT2D eigenvalue weighted by atomic mass is 16.5. The Kier molecular flexibility index (Phi) is 6.86. The topological polar surface area (TPSA) is 62.1 Å². The Hall–Kier alpha value is -3.06. The number of hydrogen-bond donors (Lipinski definition) is 1. The van der Waals surface area contributed by atoms with Crippen molar-refractivity contribution in [1.29, 1.82) is 5.26 Å². The van der Waals surface area contributed by atoms with Crippen molar-refractivity contribution < 1.29 is 9.53 Å². The van der Waals surface area contributed by atoms with Crippen molar-refractivity contribution in [2.75, 3.05) is 0 Å². The van der Waals surface area contributed by atoms with E-state index in [4.69, 9.17) is 4.74 Å². The van der Waals surface area contributed by atoms with Crippen LogP contribution in [0.15, 0.2) is 60.2 Å². The summed E-state index contributed by atoms with van der Waals surface area (Å²) in [7, 11) is 0. The van der Waals surface area contributed by atoms with Gasteiger partial charge in [-0.05, 0) is 48.1 Å². The van der Waals surface area contributed by atoms with Crippen molar-refractivity contribution >= 4 is 12.0 Å². The van der Waals surface area contributed by atoms with Gasteiger partial charge in [-0.25, -0.2) is 0 Å². The van der Waals surface area contributed by atoms with E-state index in [2.05, 4.69) is 12.2 Å². The van der Waals surface area contributed by atoms with Gasteiger partial charge in [0, 0.05) is 6.04 Å². The zero-order valence-electron chi connectivity index (χ0n) is 16.2. The fourth-order valence-electron chi connectivity index (χ4n) is 3.49. The van der Waals surface area contributed by atoms with Crippen molar-refractivity contribution in [2.24, 2.45) is 5.92 Å². The predicted molar refractivity (Wildman–Crippen MR) is 110 cm³/mol. The number of nitrogens with zero attached hydrogens (tertiary/aromatic N) is 1. The van der Waals surface area contributed by atoms with E-state index in [0.29, 0.717) is 12.5 Å². The molecular weight excluding hydrogens is 348 g/mol. The number of carbonyl (C=O) groups excluding carboxylic acids is 1. The average Bonchev–Trinajstić information content (AvgIpc) is 2.73. The first-order valence-electron chi connectivity index (χ1n) is 9.85. The molecule has 0 aromatic heterocycles. The predicted octanol–water partition coefficient (Wildman–Crippen LogP) is 4.87. The Labute approximate surface area is 166 Å². The largest absolute Gasteiger partial charge is 0.489 e. The molecule has 144 valence electrons. The average molecular weight is 374 g/mol. The summed E-state index contributed by atoms with van der Waals surface area (Å²) in [5.74, 6) is 0.921. The minimum atomic E-state index is -0.286. The van der Waals surface area contributed by atoms with Gasteiger partial charge in [0.25, 0.3) is 5.91 Å². The summed E-state index contributed by atoms with van der Waals surface area (Å²) < 4.78 is 5.77. The van der Waals surface area contributed by atoms with Crippen LogP contribution in [0.3, 0.4) is 0 Å².